The Bertz CT molecular complexity index is 602. The molecular formula is C17H22O9. The summed E-state index contributed by atoms with van der Waals surface area (Å²) in [5, 5.41) is 0. The molecule has 0 saturated carbocycles. The van der Waals surface area contributed by atoms with E-state index in [1.54, 1.807) is 0 Å². The monoisotopic (exact) mass is 370 g/mol. The van der Waals surface area contributed by atoms with Crippen LogP contribution >= 0.6 is 0 Å². The van der Waals surface area contributed by atoms with Crippen LogP contribution in [0.25, 0.3) is 0 Å². The van der Waals surface area contributed by atoms with Crippen LogP contribution in [0.1, 0.15) is 41.0 Å². The molecule has 0 rings (SSSR count). The highest BCUT2D eigenvalue weighted by Crippen LogP contribution is 2.20. The molecule has 0 aliphatic carbocycles. The molecule has 0 fully saturated rings. The van der Waals surface area contributed by atoms with Gasteiger partial charge in [0.25, 0.3) is 0 Å². The summed E-state index contributed by atoms with van der Waals surface area (Å²) < 4.78 is 20.1. The highest BCUT2D eigenvalue weighted by atomic mass is 16.6. The lowest BCUT2D eigenvalue weighted by Gasteiger charge is -2.33. The first-order chi connectivity index (χ1) is 12.0. The number of carbonyl (C=O) groups excluding carboxylic acids is 5. The molecule has 0 saturated heterocycles. The van der Waals surface area contributed by atoms with Crippen LogP contribution in [0.2, 0.25) is 0 Å². The predicted molar refractivity (Wildman–Crippen MR) is 86.3 cm³/mol. The summed E-state index contributed by atoms with van der Waals surface area (Å²) in [5.41, 5.74) is 0. The van der Waals surface area contributed by atoms with Crippen molar-refractivity contribution in [3.8, 4) is 12.3 Å². The van der Waals surface area contributed by atoms with E-state index < -0.39 is 60.5 Å². The Morgan fingerprint density at radius 1 is 0.769 bits per heavy atom. The average molecular weight is 370 g/mol. The van der Waals surface area contributed by atoms with Gasteiger partial charge in [-0.1, -0.05) is 5.92 Å². The first kappa shape index (κ1) is 23.1. The molecule has 0 spiro atoms. The summed E-state index contributed by atoms with van der Waals surface area (Å²) in [4.78, 5) is 57.8. The maximum atomic E-state index is 12.3. The van der Waals surface area contributed by atoms with E-state index in [1.165, 1.54) is 6.92 Å². The maximum Gasteiger partial charge on any atom is 0.303 e. The molecular weight excluding hydrogens is 348 g/mol. The lowest BCUT2D eigenvalue weighted by Crippen LogP contribution is -2.53. The summed E-state index contributed by atoms with van der Waals surface area (Å²) >= 11 is 0. The van der Waals surface area contributed by atoms with E-state index in [2.05, 4.69) is 5.92 Å². The van der Waals surface area contributed by atoms with Crippen LogP contribution in [0.4, 0.5) is 0 Å². The lowest BCUT2D eigenvalue weighted by molar-refractivity contribution is -0.197. The van der Waals surface area contributed by atoms with Gasteiger partial charge in [-0.3, -0.25) is 24.0 Å². The fraction of sp³-hybridized carbons (Fsp3) is 0.588. The van der Waals surface area contributed by atoms with Gasteiger partial charge < -0.3 is 18.9 Å². The van der Waals surface area contributed by atoms with Gasteiger partial charge in [-0.05, 0) is 6.92 Å². The smallest absolute Gasteiger partial charge is 0.303 e. The molecule has 0 aliphatic rings. The first-order valence-electron chi connectivity index (χ1n) is 7.64. The van der Waals surface area contributed by atoms with Gasteiger partial charge in [0, 0.05) is 27.7 Å². The van der Waals surface area contributed by atoms with Crippen molar-refractivity contribution in [1.82, 2.24) is 0 Å². The molecule has 9 heteroatoms. The summed E-state index contributed by atoms with van der Waals surface area (Å²) in [6, 6.07) is 0. The fourth-order valence-electron chi connectivity index (χ4n) is 2.14. The topological polar surface area (TPSA) is 122 Å². The molecule has 0 aromatic rings. The largest absolute Gasteiger partial charge is 0.459 e. The third kappa shape index (κ3) is 8.28. The van der Waals surface area contributed by atoms with Gasteiger partial charge >= 0.3 is 23.9 Å². The fourth-order valence-corrected chi connectivity index (χ4v) is 2.14. The predicted octanol–water partition coefficient (Wildman–Crippen LogP) is 0.326. The number of ketones is 1. The Labute approximate surface area is 151 Å². The molecule has 0 aromatic heterocycles. The number of carbonyl (C=O) groups is 5. The van der Waals surface area contributed by atoms with E-state index >= 15 is 0 Å². The van der Waals surface area contributed by atoms with Crippen molar-refractivity contribution in [2.24, 2.45) is 0 Å². The third-order valence-corrected chi connectivity index (χ3v) is 2.93. The average Bonchev–Trinajstić information content (AvgIpc) is 2.47. The Hall–Kier alpha value is -2.89. The Morgan fingerprint density at radius 2 is 1.19 bits per heavy atom. The van der Waals surface area contributed by atoms with Crippen molar-refractivity contribution in [2.45, 2.75) is 65.5 Å². The number of hydrogen-bond acceptors (Lipinski definition) is 9. The summed E-state index contributed by atoms with van der Waals surface area (Å²) in [6.07, 6.45) is -1.05. The van der Waals surface area contributed by atoms with E-state index in [4.69, 9.17) is 25.4 Å². The second kappa shape index (κ2) is 10.9. The minimum atomic E-state index is -1.64. The zero-order chi connectivity index (χ0) is 20.4. The number of esters is 4. The van der Waals surface area contributed by atoms with Crippen molar-refractivity contribution in [3.63, 3.8) is 0 Å². The molecule has 0 unspecified atom stereocenters. The minimum absolute atomic E-state index is 0.426. The molecule has 144 valence electrons. The van der Waals surface area contributed by atoms with Gasteiger partial charge in [0.1, 0.15) is 6.10 Å². The van der Waals surface area contributed by atoms with E-state index in [1.807, 2.05) is 0 Å². The lowest BCUT2D eigenvalue weighted by atomic mass is 9.98. The van der Waals surface area contributed by atoms with Gasteiger partial charge in [0.05, 0.1) is 6.42 Å². The Balaban J connectivity index is 6.02. The molecule has 4 atom stereocenters. The van der Waals surface area contributed by atoms with Gasteiger partial charge in [-0.2, -0.15) is 0 Å². The second-order valence-corrected chi connectivity index (χ2v) is 5.34. The maximum absolute atomic E-state index is 12.3. The molecule has 0 N–H and O–H groups in total. The molecule has 0 amide bonds. The van der Waals surface area contributed by atoms with Crippen LogP contribution in [0.3, 0.4) is 0 Å². The van der Waals surface area contributed by atoms with Crippen LogP contribution in [0.5, 0.6) is 0 Å². The highest BCUT2D eigenvalue weighted by Gasteiger charge is 2.44. The van der Waals surface area contributed by atoms with Crippen LogP contribution in [0.15, 0.2) is 0 Å². The van der Waals surface area contributed by atoms with Crippen LogP contribution in [0, 0.1) is 12.3 Å². The van der Waals surface area contributed by atoms with Crippen molar-refractivity contribution in [1.29, 1.82) is 0 Å². The minimum Gasteiger partial charge on any atom is -0.459 e. The molecule has 9 nitrogen and oxygen atoms in total. The number of terminal acetylenes is 1. The van der Waals surface area contributed by atoms with Crippen molar-refractivity contribution in [3.05, 3.63) is 0 Å². The molecule has 0 bridgehead atoms. The van der Waals surface area contributed by atoms with E-state index in [0.29, 0.717) is 0 Å². The summed E-state index contributed by atoms with van der Waals surface area (Å²) in [5.74, 6) is -1.83. The Morgan fingerprint density at radius 3 is 1.58 bits per heavy atom. The number of hydrogen-bond donors (Lipinski definition) is 0. The Kier molecular flexibility index (Phi) is 9.66. The van der Waals surface area contributed by atoms with Gasteiger partial charge in [-0.25, -0.2) is 0 Å². The van der Waals surface area contributed by atoms with Crippen LogP contribution in [-0.4, -0.2) is 54.1 Å². The van der Waals surface area contributed by atoms with E-state index in [9.17, 15) is 24.0 Å². The first-order valence-corrected chi connectivity index (χ1v) is 7.64. The zero-order valence-electron chi connectivity index (χ0n) is 15.3. The van der Waals surface area contributed by atoms with Crippen LogP contribution in [-0.2, 0) is 42.9 Å². The van der Waals surface area contributed by atoms with Crippen molar-refractivity contribution >= 4 is 29.7 Å². The molecule has 0 aromatic carbocycles. The van der Waals surface area contributed by atoms with Gasteiger partial charge in [0.2, 0.25) is 6.10 Å². The van der Waals surface area contributed by atoms with Gasteiger partial charge in [0.15, 0.2) is 18.0 Å². The van der Waals surface area contributed by atoms with Gasteiger partial charge in [-0.15, -0.1) is 6.42 Å². The van der Waals surface area contributed by atoms with E-state index in [-0.39, 0.29) is 0 Å². The zero-order valence-corrected chi connectivity index (χ0v) is 15.3. The number of ether oxygens (including phenoxy) is 4. The summed E-state index contributed by atoms with van der Waals surface area (Å²) in [7, 11) is 0. The number of rotatable bonds is 9. The normalized spacial score (nSPS) is 14.6. The standard InChI is InChI=1S/C17H22O9/c1-7-8-14(22)16(25-12(5)20)17(26-13(6)21)15(24-11(4)19)9(2)23-10(3)18/h1,9,15-17H,8H2,2-6H3/t9-,15+,16+,17+/m1/s1. The number of Topliss-reactive ketones (excluding diaryl/α,β-unsaturated/α-hetero) is 1. The molecule has 0 heterocycles. The van der Waals surface area contributed by atoms with E-state index in [0.717, 1.165) is 27.7 Å². The van der Waals surface area contributed by atoms with Crippen molar-refractivity contribution < 1.29 is 42.9 Å². The molecule has 26 heavy (non-hydrogen) atoms. The quantitative estimate of drug-likeness (QED) is 0.321. The summed E-state index contributed by atoms with van der Waals surface area (Å²) in [6.45, 7) is 5.64. The van der Waals surface area contributed by atoms with Crippen LogP contribution < -0.4 is 0 Å². The highest BCUT2D eigenvalue weighted by molar-refractivity contribution is 5.88. The second-order valence-electron chi connectivity index (χ2n) is 5.34. The molecule has 0 radical (unpaired) electrons. The third-order valence-electron chi connectivity index (χ3n) is 2.93. The van der Waals surface area contributed by atoms with Crippen molar-refractivity contribution in [2.75, 3.05) is 0 Å². The molecule has 0 aliphatic heterocycles. The SMILES string of the molecule is C#CCC(=O)[C@H](OC(C)=O)[C@@H](OC(C)=O)[C@@H](OC(C)=O)[C@@H](C)OC(C)=O.